The number of hydrogen-bond acceptors (Lipinski definition) is 5. The zero-order chi connectivity index (χ0) is 22.0. The topological polar surface area (TPSA) is 116 Å². The van der Waals surface area contributed by atoms with Crippen LogP contribution in [0.2, 0.25) is 0 Å². The zero-order valence-electron chi connectivity index (χ0n) is 16.9. The van der Waals surface area contributed by atoms with E-state index in [9.17, 15) is 24.5 Å². The minimum atomic E-state index is -1.05. The summed E-state index contributed by atoms with van der Waals surface area (Å²) in [6.45, 7) is 0.728. The standard InChI is InChI=1S/C22H23BN2O6/c26-20(27)12-18(14-5-2-1-3-6-14)24-21(28)19-7-4-10-25(19)22(29)15-8-9-16-13-31-23(30)17(16)11-15/h1-3,5-6,8-9,11,18-19,30H,4,7,10,12-13H2,(H,24,28)(H,26,27)/t18-,19+/m1/s1. The Kier molecular flexibility index (Phi) is 6.06. The summed E-state index contributed by atoms with van der Waals surface area (Å²) in [6, 6.07) is 12.6. The fraction of sp³-hybridized carbons (Fsp3) is 0.318. The van der Waals surface area contributed by atoms with Gasteiger partial charge in [0, 0.05) is 12.1 Å². The van der Waals surface area contributed by atoms with Crippen molar-refractivity contribution in [3.63, 3.8) is 0 Å². The smallest absolute Gasteiger partial charge is 0.481 e. The third kappa shape index (κ3) is 4.47. The van der Waals surface area contributed by atoms with E-state index in [1.165, 1.54) is 4.90 Å². The number of nitrogens with zero attached hydrogens (tertiary/aromatic N) is 1. The lowest BCUT2D eigenvalue weighted by Crippen LogP contribution is -2.47. The molecule has 31 heavy (non-hydrogen) atoms. The second-order valence-electron chi connectivity index (χ2n) is 7.80. The van der Waals surface area contributed by atoms with Gasteiger partial charge in [0.15, 0.2) is 0 Å². The number of fused-ring (bicyclic) bond motifs is 1. The number of nitrogens with one attached hydrogen (secondary N) is 1. The van der Waals surface area contributed by atoms with Crippen molar-refractivity contribution in [2.75, 3.05) is 6.54 Å². The van der Waals surface area contributed by atoms with Crippen LogP contribution in [0.25, 0.3) is 0 Å². The maximum absolute atomic E-state index is 13.1. The molecule has 3 N–H and O–H groups in total. The molecule has 2 aliphatic rings. The summed E-state index contributed by atoms with van der Waals surface area (Å²) < 4.78 is 5.18. The molecule has 1 fully saturated rings. The van der Waals surface area contributed by atoms with Crippen molar-refractivity contribution < 1.29 is 29.2 Å². The second kappa shape index (κ2) is 8.91. The van der Waals surface area contributed by atoms with Gasteiger partial charge in [-0.15, -0.1) is 0 Å². The van der Waals surface area contributed by atoms with Crippen LogP contribution in [0.1, 0.15) is 46.8 Å². The first kappa shape index (κ1) is 21.1. The number of carboxylic acids is 1. The Balaban J connectivity index is 1.51. The predicted octanol–water partition coefficient (Wildman–Crippen LogP) is 0.841. The Bertz CT molecular complexity index is 999. The molecule has 2 atom stereocenters. The minimum absolute atomic E-state index is 0.251. The molecule has 8 nitrogen and oxygen atoms in total. The van der Waals surface area contributed by atoms with Crippen LogP contribution < -0.4 is 10.8 Å². The van der Waals surface area contributed by atoms with E-state index >= 15 is 0 Å². The number of carboxylic acid groups (broad SMARTS) is 1. The Hall–Kier alpha value is -3.17. The van der Waals surface area contributed by atoms with Crippen molar-refractivity contribution in [3.05, 3.63) is 65.2 Å². The van der Waals surface area contributed by atoms with Crippen LogP contribution in [-0.4, -0.2) is 52.5 Å². The van der Waals surface area contributed by atoms with Crippen LogP contribution in [0.4, 0.5) is 0 Å². The fourth-order valence-corrected chi connectivity index (χ4v) is 4.18. The van der Waals surface area contributed by atoms with Crippen LogP contribution in [0.15, 0.2) is 48.5 Å². The first-order chi connectivity index (χ1) is 14.9. The summed E-state index contributed by atoms with van der Waals surface area (Å²) in [5, 5.41) is 22.0. The normalized spacial score (nSPS) is 18.5. The first-order valence-electron chi connectivity index (χ1n) is 10.2. The Morgan fingerprint density at radius 3 is 2.71 bits per heavy atom. The molecular formula is C22H23BN2O6. The fourth-order valence-electron chi connectivity index (χ4n) is 4.18. The molecule has 0 spiro atoms. The highest BCUT2D eigenvalue weighted by molar-refractivity contribution is 6.61. The van der Waals surface area contributed by atoms with E-state index < -0.39 is 25.2 Å². The van der Waals surface area contributed by atoms with Gasteiger partial charge in [-0.05, 0) is 41.6 Å². The van der Waals surface area contributed by atoms with E-state index in [-0.39, 0.29) is 18.2 Å². The van der Waals surface area contributed by atoms with E-state index in [0.717, 1.165) is 5.56 Å². The van der Waals surface area contributed by atoms with Gasteiger partial charge in [-0.2, -0.15) is 0 Å². The van der Waals surface area contributed by atoms with Gasteiger partial charge >= 0.3 is 13.1 Å². The highest BCUT2D eigenvalue weighted by Crippen LogP contribution is 2.23. The molecule has 0 radical (unpaired) electrons. The minimum Gasteiger partial charge on any atom is -0.481 e. The second-order valence-corrected chi connectivity index (χ2v) is 7.80. The average molecular weight is 422 g/mol. The molecule has 0 bridgehead atoms. The summed E-state index contributed by atoms with van der Waals surface area (Å²) in [5.74, 6) is -1.69. The number of hydrogen-bond donors (Lipinski definition) is 3. The van der Waals surface area contributed by atoms with E-state index in [2.05, 4.69) is 5.32 Å². The van der Waals surface area contributed by atoms with Crippen molar-refractivity contribution in [1.29, 1.82) is 0 Å². The van der Waals surface area contributed by atoms with Crippen molar-refractivity contribution >= 4 is 30.4 Å². The van der Waals surface area contributed by atoms with Gasteiger partial charge in [0.25, 0.3) is 5.91 Å². The maximum Gasteiger partial charge on any atom is 0.491 e. The quantitative estimate of drug-likeness (QED) is 0.595. The monoisotopic (exact) mass is 422 g/mol. The predicted molar refractivity (Wildman–Crippen MR) is 112 cm³/mol. The van der Waals surface area contributed by atoms with Crippen LogP contribution >= 0.6 is 0 Å². The molecule has 2 aromatic rings. The number of likely N-dealkylation sites (tertiary alicyclic amines) is 1. The van der Waals surface area contributed by atoms with Gasteiger partial charge in [0.1, 0.15) is 6.04 Å². The van der Waals surface area contributed by atoms with Gasteiger partial charge in [0.05, 0.1) is 19.1 Å². The molecule has 0 saturated carbocycles. The Labute approximate surface area is 180 Å². The highest BCUT2D eigenvalue weighted by atomic mass is 16.5. The van der Waals surface area contributed by atoms with E-state index in [0.29, 0.717) is 42.6 Å². The van der Waals surface area contributed by atoms with E-state index in [4.69, 9.17) is 4.65 Å². The molecule has 2 amide bonds. The summed E-state index contributed by atoms with van der Waals surface area (Å²) in [7, 11) is -1.05. The lowest BCUT2D eigenvalue weighted by molar-refractivity contribution is -0.138. The van der Waals surface area contributed by atoms with Crippen LogP contribution in [0, 0.1) is 0 Å². The number of benzene rings is 2. The number of rotatable bonds is 6. The molecule has 0 aliphatic carbocycles. The number of amides is 2. The largest absolute Gasteiger partial charge is 0.491 e. The SMILES string of the molecule is O=C(O)C[C@@H](NC(=O)[C@@H]1CCCN1C(=O)c1ccc2c(c1)B(O)OC2)c1ccccc1. The van der Waals surface area contributed by atoms with Crippen molar-refractivity contribution in [3.8, 4) is 0 Å². The van der Waals surface area contributed by atoms with Gasteiger partial charge in [-0.25, -0.2) is 0 Å². The lowest BCUT2D eigenvalue weighted by Gasteiger charge is -2.26. The van der Waals surface area contributed by atoms with Crippen LogP contribution in [-0.2, 0) is 20.9 Å². The van der Waals surface area contributed by atoms with Gasteiger partial charge in [-0.3, -0.25) is 14.4 Å². The van der Waals surface area contributed by atoms with E-state index in [1.54, 1.807) is 42.5 Å². The van der Waals surface area contributed by atoms with Gasteiger partial charge < -0.3 is 25.0 Å². The van der Waals surface area contributed by atoms with Gasteiger partial charge in [-0.1, -0.05) is 36.4 Å². The highest BCUT2D eigenvalue weighted by Gasteiger charge is 2.36. The molecule has 2 heterocycles. The third-order valence-electron chi connectivity index (χ3n) is 5.77. The summed E-state index contributed by atoms with van der Waals surface area (Å²) in [5.41, 5.74) is 2.48. The number of aliphatic carboxylic acids is 1. The first-order valence-corrected chi connectivity index (χ1v) is 10.2. The molecular weight excluding hydrogens is 399 g/mol. The molecule has 2 aromatic carbocycles. The number of carbonyl (C=O) groups excluding carboxylic acids is 2. The lowest BCUT2D eigenvalue weighted by atomic mass is 9.78. The van der Waals surface area contributed by atoms with Crippen molar-refractivity contribution in [2.45, 2.75) is 38.0 Å². The van der Waals surface area contributed by atoms with Gasteiger partial charge in [0.2, 0.25) is 5.91 Å². The molecule has 160 valence electrons. The molecule has 4 rings (SSSR count). The Morgan fingerprint density at radius 1 is 1.19 bits per heavy atom. The maximum atomic E-state index is 13.1. The summed E-state index contributed by atoms with van der Waals surface area (Å²) >= 11 is 0. The van der Waals surface area contributed by atoms with Crippen molar-refractivity contribution in [2.24, 2.45) is 0 Å². The molecule has 9 heteroatoms. The van der Waals surface area contributed by atoms with Crippen LogP contribution in [0.5, 0.6) is 0 Å². The molecule has 1 saturated heterocycles. The third-order valence-corrected chi connectivity index (χ3v) is 5.77. The van der Waals surface area contributed by atoms with E-state index in [1.807, 2.05) is 6.07 Å². The molecule has 0 aromatic heterocycles. The van der Waals surface area contributed by atoms with Crippen molar-refractivity contribution in [1.82, 2.24) is 10.2 Å². The average Bonchev–Trinajstić information content (AvgIpc) is 3.40. The Morgan fingerprint density at radius 2 is 1.97 bits per heavy atom. The number of carbonyl (C=O) groups is 3. The zero-order valence-corrected chi connectivity index (χ0v) is 16.9. The molecule has 2 aliphatic heterocycles. The van der Waals surface area contributed by atoms with Crippen LogP contribution in [0.3, 0.4) is 0 Å². The summed E-state index contributed by atoms with van der Waals surface area (Å²) in [4.78, 5) is 39.0. The molecule has 0 unspecified atom stereocenters. The summed E-state index contributed by atoms with van der Waals surface area (Å²) in [6.07, 6.45) is 0.928.